The summed E-state index contributed by atoms with van der Waals surface area (Å²) < 4.78 is 5.55. The fraction of sp³-hybridized carbons (Fsp3) is 0.833. The van der Waals surface area contributed by atoms with E-state index in [2.05, 4.69) is 0 Å². The van der Waals surface area contributed by atoms with Crippen LogP contribution in [0.2, 0.25) is 0 Å². The molecule has 1 aliphatic heterocycles. The van der Waals surface area contributed by atoms with Gasteiger partial charge in [-0.3, -0.25) is 9.59 Å². The Kier molecular flexibility index (Phi) is 4.93. The quantitative estimate of drug-likeness (QED) is 0.803. The van der Waals surface area contributed by atoms with Crippen molar-refractivity contribution < 1.29 is 19.4 Å². The lowest BCUT2D eigenvalue weighted by Gasteiger charge is -2.35. The van der Waals surface area contributed by atoms with E-state index in [-0.39, 0.29) is 30.5 Å². The number of hydrogen-bond donors (Lipinski definition) is 1. The molecule has 3 unspecified atom stereocenters. The van der Waals surface area contributed by atoms with Gasteiger partial charge in [-0.1, -0.05) is 6.92 Å². The minimum Gasteiger partial charge on any atom is -0.481 e. The third kappa shape index (κ3) is 4.73. The standard InChI is InChI=1S/C12H21NO4/c1-8(5-12(15)16)4-11(14)13-6-9(2)17-10(3)7-13/h8-10H,4-7H2,1-3H3,(H,15,16). The molecule has 0 bridgehead atoms. The highest BCUT2D eigenvalue weighted by Crippen LogP contribution is 2.15. The van der Waals surface area contributed by atoms with Crippen LogP contribution in [0.1, 0.15) is 33.6 Å². The van der Waals surface area contributed by atoms with Crippen LogP contribution >= 0.6 is 0 Å². The van der Waals surface area contributed by atoms with Crippen molar-refractivity contribution in [2.24, 2.45) is 5.92 Å². The number of morpholine rings is 1. The Morgan fingerprint density at radius 2 is 1.82 bits per heavy atom. The van der Waals surface area contributed by atoms with Crippen molar-refractivity contribution in [1.29, 1.82) is 0 Å². The lowest BCUT2D eigenvalue weighted by atomic mass is 10.0. The SMILES string of the molecule is CC(CC(=O)O)CC(=O)N1CC(C)OC(C)C1. The number of carboxylic acids is 1. The molecule has 3 atom stereocenters. The summed E-state index contributed by atoms with van der Waals surface area (Å²) in [6.45, 7) is 6.87. The minimum absolute atomic E-state index is 0.0285. The average Bonchev–Trinajstić information content (AvgIpc) is 2.14. The molecule has 1 fully saturated rings. The first-order chi connectivity index (χ1) is 7.88. The topological polar surface area (TPSA) is 66.8 Å². The summed E-state index contributed by atoms with van der Waals surface area (Å²) in [6, 6.07) is 0. The molecule has 1 aliphatic rings. The Morgan fingerprint density at radius 1 is 1.29 bits per heavy atom. The number of carbonyl (C=O) groups is 2. The fourth-order valence-electron chi connectivity index (χ4n) is 2.18. The highest BCUT2D eigenvalue weighted by molar-refractivity contribution is 5.77. The summed E-state index contributed by atoms with van der Waals surface area (Å²) in [5, 5.41) is 8.65. The molecule has 0 aromatic carbocycles. The van der Waals surface area contributed by atoms with E-state index < -0.39 is 5.97 Å². The van der Waals surface area contributed by atoms with Gasteiger partial charge in [-0.25, -0.2) is 0 Å². The van der Waals surface area contributed by atoms with Crippen LogP contribution in [0.4, 0.5) is 0 Å². The van der Waals surface area contributed by atoms with Crippen LogP contribution in [-0.4, -0.2) is 47.2 Å². The Morgan fingerprint density at radius 3 is 2.29 bits per heavy atom. The summed E-state index contributed by atoms with van der Waals surface area (Å²) in [5.41, 5.74) is 0. The van der Waals surface area contributed by atoms with Gasteiger partial charge in [-0.2, -0.15) is 0 Å². The lowest BCUT2D eigenvalue weighted by Crippen LogP contribution is -2.48. The highest BCUT2D eigenvalue weighted by Gasteiger charge is 2.26. The van der Waals surface area contributed by atoms with Crippen LogP contribution < -0.4 is 0 Å². The molecule has 0 spiro atoms. The van der Waals surface area contributed by atoms with Crippen LogP contribution in [0.3, 0.4) is 0 Å². The zero-order chi connectivity index (χ0) is 13.0. The van der Waals surface area contributed by atoms with E-state index in [1.165, 1.54) is 0 Å². The summed E-state index contributed by atoms with van der Waals surface area (Å²) in [7, 11) is 0. The predicted molar refractivity (Wildman–Crippen MR) is 62.6 cm³/mol. The van der Waals surface area contributed by atoms with Crippen LogP contribution in [0.25, 0.3) is 0 Å². The first kappa shape index (κ1) is 14.0. The smallest absolute Gasteiger partial charge is 0.303 e. The lowest BCUT2D eigenvalue weighted by molar-refractivity contribution is -0.144. The van der Waals surface area contributed by atoms with Crippen LogP contribution in [0.5, 0.6) is 0 Å². The van der Waals surface area contributed by atoms with Crippen molar-refractivity contribution in [2.75, 3.05) is 13.1 Å². The van der Waals surface area contributed by atoms with Gasteiger partial charge in [0.15, 0.2) is 0 Å². The number of amides is 1. The molecule has 0 aromatic heterocycles. The zero-order valence-corrected chi connectivity index (χ0v) is 10.7. The predicted octanol–water partition coefficient (Wildman–Crippen LogP) is 1.12. The van der Waals surface area contributed by atoms with Gasteiger partial charge in [0.2, 0.25) is 5.91 Å². The normalized spacial score (nSPS) is 26.6. The van der Waals surface area contributed by atoms with Gasteiger partial charge in [0.1, 0.15) is 0 Å². The Labute approximate surface area is 102 Å². The molecule has 1 saturated heterocycles. The molecule has 0 aromatic rings. The van der Waals surface area contributed by atoms with Gasteiger partial charge in [0, 0.05) is 25.9 Å². The van der Waals surface area contributed by atoms with Crippen LogP contribution in [0, 0.1) is 5.92 Å². The Bertz CT molecular complexity index is 282. The number of carbonyl (C=O) groups excluding carboxylic acids is 1. The van der Waals surface area contributed by atoms with E-state index in [4.69, 9.17) is 9.84 Å². The van der Waals surface area contributed by atoms with Gasteiger partial charge in [-0.15, -0.1) is 0 Å². The average molecular weight is 243 g/mol. The summed E-state index contributed by atoms with van der Waals surface area (Å²) >= 11 is 0. The first-order valence-electron chi connectivity index (χ1n) is 6.03. The van der Waals surface area contributed by atoms with Crippen LogP contribution in [0.15, 0.2) is 0 Å². The van der Waals surface area contributed by atoms with E-state index in [1.54, 1.807) is 11.8 Å². The summed E-state index contributed by atoms with van der Waals surface area (Å²) in [4.78, 5) is 24.3. The number of aliphatic carboxylic acids is 1. The molecular weight excluding hydrogens is 222 g/mol. The largest absolute Gasteiger partial charge is 0.481 e. The molecule has 0 radical (unpaired) electrons. The highest BCUT2D eigenvalue weighted by atomic mass is 16.5. The molecule has 5 heteroatoms. The summed E-state index contributed by atoms with van der Waals surface area (Å²) in [6.07, 6.45) is 0.447. The number of carboxylic acid groups (broad SMARTS) is 1. The number of hydrogen-bond acceptors (Lipinski definition) is 3. The van der Waals surface area contributed by atoms with Crippen molar-refractivity contribution >= 4 is 11.9 Å². The molecule has 98 valence electrons. The molecule has 1 N–H and O–H groups in total. The van der Waals surface area contributed by atoms with Gasteiger partial charge >= 0.3 is 5.97 Å². The van der Waals surface area contributed by atoms with E-state index >= 15 is 0 Å². The van der Waals surface area contributed by atoms with Crippen molar-refractivity contribution in [2.45, 2.75) is 45.8 Å². The molecule has 1 heterocycles. The third-order valence-corrected chi connectivity index (χ3v) is 2.82. The van der Waals surface area contributed by atoms with E-state index in [0.29, 0.717) is 19.5 Å². The molecule has 1 amide bonds. The number of rotatable bonds is 4. The van der Waals surface area contributed by atoms with Gasteiger partial charge in [0.05, 0.1) is 12.2 Å². The molecule has 0 aliphatic carbocycles. The van der Waals surface area contributed by atoms with Crippen molar-refractivity contribution in [3.63, 3.8) is 0 Å². The van der Waals surface area contributed by atoms with E-state index in [1.807, 2.05) is 13.8 Å². The molecule has 17 heavy (non-hydrogen) atoms. The maximum Gasteiger partial charge on any atom is 0.303 e. The minimum atomic E-state index is -0.853. The molecule has 1 rings (SSSR count). The Hall–Kier alpha value is -1.10. The van der Waals surface area contributed by atoms with Crippen LogP contribution in [-0.2, 0) is 14.3 Å². The monoisotopic (exact) mass is 243 g/mol. The van der Waals surface area contributed by atoms with Crippen molar-refractivity contribution in [3.8, 4) is 0 Å². The van der Waals surface area contributed by atoms with Gasteiger partial charge < -0.3 is 14.7 Å². The molecule has 0 saturated carbocycles. The fourth-order valence-corrected chi connectivity index (χ4v) is 2.18. The van der Waals surface area contributed by atoms with Gasteiger partial charge in [-0.05, 0) is 19.8 Å². The van der Waals surface area contributed by atoms with Gasteiger partial charge in [0.25, 0.3) is 0 Å². The zero-order valence-electron chi connectivity index (χ0n) is 10.7. The Balaban J connectivity index is 2.43. The molecule has 5 nitrogen and oxygen atoms in total. The van der Waals surface area contributed by atoms with Crippen molar-refractivity contribution in [1.82, 2.24) is 4.90 Å². The number of nitrogens with zero attached hydrogens (tertiary/aromatic N) is 1. The van der Waals surface area contributed by atoms with E-state index in [0.717, 1.165) is 0 Å². The third-order valence-electron chi connectivity index (χ3n) is 2.82. The summed E-state index contributed by atoms with van der Waals surface area (Å²) in [5.74, 6) is -0.941. The van der Waals surface area contributed by atoms with E-state index in [9.17, 15) is 9.59 Å². The second-order valence-electron chi connectivity index (χ2n) is 4.96. The second kappa shape index (κ2) is 6.00. The first-order valence-corrected chi connectivity index (χ1v) is 6.03. The molecular formula is C12H21NO4. The second-order valence-corrected chi connectivity index (χ2v) is 4.96. The maximum absolute atomic E-state index is 12.0. The maximum atomic E-state index is 12.0. The van der Waals surface area contributed by atoms with Crippen molar-refractivity contribution in [3.05, 3.63) is 0 Å². The number of ether oxygens (including phenoxy) is 1.